The Bertz CT molecular complexity index is 378. The van der Waals surface area contributed by atoms with Crippen molar-refractivity contribution < 1.29 is 4.79 Å². The summed E-state index contributed by atoms with van der Waals surface area (Å²) in [5.74, 6) is 0.927. The Labute approximate surface area is 104 Å². The molecule has 1 saturated heterocycles. The molecule has 0 spiro atoms. The summed E-state index contributed by atoms with van der Waals surface area (Å²) in [7, 11) is 0. The number of nitrogens with one attached hydrogen (secondary N) is 1. The lowest BCUT2D eigenvalue weighted by Crippen LogP contribution is -2.32. The number of benzene rings is 1. The average Bonchev–Trinajstić information content (AvgIpc) is 2.62. The van der Waals surface area contributed by atoms with Crippen molar-refractivity contribution in [3.63, 3.8) is 0 Å². The predicted molar refractivity (Wildman–Crippen MR) is 69.5 cm³/mol. The summed E-state index contributed by atoms with van der Waals surface area (Å²) in [4.78, 5) is 14.2. The molecule has 1 aromatic rings. The summed E-state index contributed by atoms with van der Waals surface area (Å²) in [5.41, 5.74) is 0. The largest absolute Gasteiger partial charge is 0.353 e. The SMILES string of the molecule is O=C1CNC(=S)N1CCSc1ccccc1. The Morgan fingerprint density at radius 1 is 1.38 bits per heavy atom. The van der Waals surface area contributed by atoms with E-state index in [1.165, 1.54) is 4.90 Å². The maximum Gasteiger partial charge on any atom is 0.248 e. The second kappa shape index (κ2) is 5.32. The number of carbonyl (C=O) groups excluding carboxylic acids is 1. The Hall–Kier alpha value is -1.07. The van der Waals surface area contributed by atoms with Crippen molar-refractivity contribution in [1.82, 2.24) is 10.2 Å². The first-order valence-electron chi connectivity index (χ1n) is 5.03. The summed E-state index contributed by atoms with van der Waals surface area (Å²) in [5, 5.41) is 3.42. The minimum atomic E-state index is 0.0682. The minimum absolute atomic E-state index is 0.0682. The number of rotatable bonds is 4. The van der Waals surface area contributed by atoms with E-state index < -0.39 is 0 Å². The standard InChI is InChI=1S/C11H12N2OS2/c14-10-8-12-11(15)13(10)6-7-16-9-4-2-1-3-5-9/h1-5H,6-8H2,(H,12,15). The van der Waals surface area contributed by atoms with E-state index in [2.05, 4.69) is 17.4 Å². The van der Waals surface area contributed by atoms with Crippen LogP contribution in [-0.4, -0.2) is 34.8 Å². The highest BCUT2D eigenvalue weighted by Crippen LogP contribution is 2.17. The molecule has 0 aromatic heterocycles. The van der Waals surface area contributed by atoms with Gasteiger partial charge in [0.25, 0.3) is 0 Å². The maximum absolute atomic E-state index is 11.4. The number of hydrogen-bond acceptors (Lipinski definition) is 3. The van der Waals surface area contributed by atoms with E-state index >= 15 is 0 Å². The second-order valence-corrected chi connectivity index (χ2v) is 4.92. The molecule has 2 rings (SSSR count). The van der Waals surface area contributed by atoms with Gasteiger partial charge in [0.05, 0.1) is 6.54 Å². The first-order valence-corrected chi connectivity index (χ1v) is 6.43. The lowest BCUT2D eigenvalue weighted by atomic mass is 10.4. The summed E-state index contributed by atoms with van der Waals surface area (Å²) >= 11 is 6.76. The summed E-state index contributed by atoms with van der Waals surface area (Å²) in [6, 6.07) is 10.1. The molecule has 16 heavy (non-hydrogen) atoms. The van der Waals surface area contributed by atoms with Crippen LogP contribution in [0, 0.1) is 0 Å². The summed E-state index contributed by atoms with van der Waals surface area (Å²) < 4.78 is 0. The molecule has 1 amide bonds. The zero-order valence-electron chi connectivity index (χ0n) is 8.68. The van der Waals surface area contributed by atoms with Gasteiger partial charge in [-0.25, -0.2) is 0 Å². The van der Waals surface area contributed by atoms with Gasteiger partial charge in [-0.2, -0.15) is 0 Å². The Morgan fingerprint density at radius 3 is 2.75 bits per heavy atom. The molecule has 1 heterocycles. The molecule has 1 aliphatic rings. The van der Waals surface area contributed by atoms with Crippen LogP contribution in [0.15, 0.2) is 35.2 Å². The highest BCUT2D eigenvalue weighted by molar-refractivity contribution is 7.99. The molecule has 0 radical (unpaired) electrons. The van der Waals surface area contributed by atoms with Gasteiger partial charge in [-0.3, -0.25) is 9.69 Å². The van der Waals surface area contributed by atoms with Crippen molar-refractivity contribution in [2.75, 3.05) is 18.8 Å². The molecule has 1 aliphatic heterocycles. The first kappa shape index (κ1) is 11.4. The van der Waals surface area contributed by atoms with Gasteiger partial charge in [0, 0.05) is 17.2 Å². The fourth-order valence-corrected chi connectivity index (χ4v) is 2.58. The van der Waals surface area contributed by atoms with Gasteiger partial charge in [-0.05, 0) is 24.4 Å². The molecule has 0 atom stereocenters. The highest BCUT2D eigenvalue weighted by Gasteiger charge is 2.24. The van der Waals surface area contributed by atoms with Gasteiger partial charge in [0.15, 0.2) is 5.11 Å². The molecule has 1 aromatic carbocycles. The van der Waals surface area contributed by atoms with Crippen molar-refractivity contribution in [3.8, 4) is 0 Å². The topological polar surface area (TPSA) is 32.3 Å². The van der Waals surface area contributed by atoms with Crippen molar-refractivity contribution in [1.29, 1.82) is 0 Å². The van der Waals surface area contributed by atoms with Crippen molar-refractivity contribution >= 4 is 35.0 Å². The van der Waals surface area contributed by atoms with E-state index in [0.717, 1.165) is 5.75 Å². The van der Waals surface area contributed by atoms with E-state index in [9.17, 15) is 4.79 Å². The van der Waals surface area contributed by atoms with Gasteiger partial charge in [0.2, 0.25) is 5.91 Å². The molecule has 3 nitrogen and oxygen atoms in total. The molecule has 5 heteroatoms. The number of thioether (sulfide) groups is 1. The van der Waals surface area contributed by atoms with E-state index in [4.69, 9.17) is 12.2 Å². The third kappa shape index (κ3) is 2.74. The highest BCUT2D eigenvalue weighted by atomic mass is 32.2. The van der Waals surface area contributed by atoms with E-state index in [1.54, 1.807) is 16.7 Å². The Balaban J connectivity index is 1.80. The zero-order chi connectivity index (χ0) is 11.4. The van der Waals surface area contributed by atoms with E-state index in [-0.39, 0.29) is 5.91 Å². The number of carbonyl (C=O) groups is 1. The lowest BCUT2D eigenvalue weighted by molar-refractivity contribution is -0.124. The molecule has 0 unspecified atom stereocenters. The average molecular weight is 252 g/mol. The lowest BCUT2D eigenvalue weighted by Gasteiger charge is -2.13. The van der Waals surface area contributed by atoms with Crippen LogP contribution in [-0.2, 0) is 4.79 Å². The van der Waals surface area contributed by atoms with Crippen LogP contribution in [0.3, 0.4) is 0 Å². The minimum Gasteiger partial charge on any atom is -0.353 e. The van der Waals surface area contributed by atoms with Crippen LogP contribution in [0.5, 0.6) is 0 Å². The fraction of sp³-hybridized carbons (Fsp3) is 0.273. The van der Waals surface area contributed by atoms with Crippen LogP contribution < -0.4 is 5.32 Å². The normalized spacial score (nSPS) is 15.4. The van der Waals surface area contributed by atoms with Crippen LogP contribution in [0.1, 0.15) is 0 Å². The van der Waals surface area contributed by atoms with Crippen molar-refractivity contribution in [3.05, 3.63) is 30.3 Å². The van der Waals surface area contributed by atoms with Crippen LogP contribution in [0.2, 0.25) is 0 Å². The quantitative estimate of drug-likeness (QED) is 0.650. The van der Waals surface area contributed by atoms with Gasteiger partial charge in [-0.15, -0.1) is 11.8 Å². The Morgan fingerprint density at radius 2 is 2.12 bits per heavy atom. The van der Waals surface area contributed by atoms with Crippen LogP contribution in [0.25, 0.3) is 0 Å². The van der Waals surface area contributed by atoms with Gasteiger partial charge in [0.1, 0.15) is 0 Å². The number of nitrogens with zero attached hydrogens (tertiary/aromatic N) is 1. The van der Waals surface area contributed by atoms with Gasteiger partial charge < -0.3 is 5.32 Å². The fourth-order valence-electron chi connectivity index (χ4n) is 1.45. The van der Waals surface area contributed by atoms with Crippen molar-refractivity contribution in [2.45, 2.75) is 4.90 Å². The molecular weight excluding hydrogens is 240 g/mol. The monoisotopic (exact) mass is 252 g/mol. The summed E-state index contributed by atoms with van der Waals surface area (Å²) in [6.45, 7) is 1.01. The maximum atomic E-state index is 11.4. The molecular formula is C11H12N2OS2. The predicted octanol–water partition coefficient (Wildman–Crippen LogP) is 1.50. The van der Waals surface area contributed by atoms with Gasteiger partial charge >= 0.3 is 0 Å². The molecule has 1 fully saturated rings. The number of hydrogen-bond donors (Lipinski definition) is 1. The molecule has 1 N–H and O–H groups in total. The third-order valence-electron chi connectivity index (χ3n) is 2.26. The van der Waals surface area contributed by atoms with E-state index in [1.807, 2.05) is 18.2 Å². The van der Waals surface area contributed by atoms with Crippen molar-refractivity contribution in [2.24, 2.45) is 0 Å². The van der Waals surface area contributed by atoms with Gasteiger partial charge in [-0.1, -0.05) is 18.2 Å². The zero-order valence-corrected chi connectivity index (χ0v) is 10.3. The van der Waals surface area contributed by atoms with E-state index in [0.29, 0.717) is 18.2 Å². The molecule has 84 valence electrons. The molecule has 0 aliphatic carbocycles. The first-order chi connectivity index (χ1) is 7.77. The van der Waals surface area contributed by atoms with Crippen LogP contribution >= 0.6 is 24.0 Å². The molecule has 0 saturated carbocycles. The second-order valence-electron chi connectivity index (χ2n) is 3.37. The number of amides is 1. The summed E-state index contributed by atoms with van der Waals surface area (Å²) in [6.07, 6.45) is 0. The van der Waals surface area contributed by atoms with Crippen LogP contribution in [0.4, 0.5) is 0 Å². The third-order valence-corrected chi connectivity index (χ3v) is 3.62. The number of thiocarbonyl (C=S) groups is 1. The Kier molecular flexibility index (Phi) is 3.79. The molecule has 0 bridgehead atoms. The smallest absolute Gasteiger partial charge is 0.248 e.